The number of nitrogens with zero attached hydrogens (tertiary/aromatic N) is 2. The molecule has 0 bridgehead atoms. The van der Waals surface area contributed by atoms with Gasteiger partial charge in [0.05, 0.1) is 7.11 Å². The number of aryl methyl sites for hydroxylation is 1. The Hall–Kier alpha value is -3.67. The fourth-order valence-electron chi connectivity index (χ4n) is 3.51. The molecule has 29 heavy (non-hydrogen) atoms. The Morgan fingerprint density at radius 2 is 1.79 bits per heavy atom. The Bertz CT molecular complexity index is 1050. The van der Waals surface area contributed by atoms with E-state index in [9.17, 15) is 9.59 Å². The Morgan fingerprint density at radius 1 is 1.07 bits per heavy atom. The lowest BCUT2D eigenvalue weighted by molar-refractivity contribution is -0.695. The highest BCUT2D eigenvalue weighted by Crippen LogP contribution is 2.30. The molecule has 3 aromatic rings. The lowest BCUT2D eigenvalue weighted by atomic mass is 10.0. The molecule has 2 heterocycles. The molecule has 0 spiro atoms. The van der Waals surface area contributed by atoms with Crippen LogP contribution in [0.5, 0.6) is 5.75 Å². The van der Waals surface area contributed by atoms with Crippen molar-refractivity contribution >= 4 is 23.2 Å². The number of anilines is 2. The molecule has 0 fully saturated rings. The molecule has 2 amide bonds. The maximum atomic E-state index is 13.3. The minimum Gasteiger partial charge on any atom is -0.497 e. The number of pyridine rings is 1. The van der Waals surface area contributed by atoms with Crippen LogP contribution in [0.1, 0.15) is 17.3 Å². The number of hydrogen-bond acceptors (Lipinski definition) is 3. The predicted octanol–water partition coefficient (Wildman–Crippen LogP) is 3.02. The van der Waals surface area contributed by atoms with Crippen LogP contribution in [0.3, 0.4) is 0 Å². The van der Waals surface area contributed by atoms with Crippen molar-refractivity contribution in [3.05, 3.63) is 84.2 Å². The van der Waals surface area contributed by atoms with E-state index in [1.807, 2.05) is 60.2 Å². The van der Waals surface area contributed by atoms with Gasteiger partial charge < -0.3 is 10.1 Å². The number of aromatic nitrogens is 1. The second kappa shape index (κ2) is 7.75. The van der Waals surface area contributed by atoms with E-state index in [0.29, 0.717) is 17.1 Å². The van der Waals surface area contributed by atoms with E-state index in [1.165, 1.54) is 0 Å². The third-order valence-corrected chi connectivity index (χ3v) is 5.01. The summed E-state index contributed by atoms with van der Waals surface area (Å²) < 4.78 is 6.99. The highest BCUT2D eigenvalue weighted by Gasteiger charge is 2.43. The molecule has 6 nitrogen and oxygen atoms in total. The maximum absolute atomic E-state index is 13.3. The Labute approximate surface area is 169 Å². The average Bonchev–Trinajstić information content (AvgIpc) is 2.74. The molecule has 4 rings (SSSR count). The Kier molecular flexibility index (Phi) is 4.99. The van der Waals surface area contributed by atoms with Crippen LogP contribution in [0, 0.1) is 6.92 Å². The third-order valence-electron chi connectivity index (χ3n) is 5.01. The van der Waals surface area contributed by atoms with Gasteiger partial charge in [-0.05, 0) is 43.3 Å². The molecule has 0 saturated carbocycles. The molecule has 1 aromatic heterocycles. The van der Waals surface area contributed by atoms with Gasteiger partial charge in [-0.3, -0.25) is 14.5 Å². The van der Waals surface area contributed by atoms with Gasteiger partial charge in [-0.25, -0.2) is 0 Å². The lowest BCUT2D eigenvalue weighted by Gasteiger charge is -2.32. The van der Waals surface area contributed by atoms with E-state index in [4.69, 9.17) is 4.74 Å². The summed E-state index contributed by atoms with van der Waals surface area (Å²) in [6.07, 6.45) is 1.83. The average molecular weight is 388 g/mol. The van der Waals surface area contributed by atoms with E-state index in [0.717, 1.165) is 11.3 Å². The van der Waals surface area contributed by atoms with Gasteiger partial charge in [0.1, 0.15) is 5.75 Å². The first kappa shape index (κ1) is 18.7. The summed E-state index contributed by atoms with van der Waals surface area (Å²) in [5.41, 5.74) is 3.19. The van der Waals surface area contributed by atoms with Crippen molar-refractivity contribution in [1.29, 1.82) is 0 Å². The zero-order valence-electron chi connectivity index (χ0n) is 16.3. The monoisotopic (exact) mass is 388 g/mol. The summed E-state index contributed by atoms with van der Waals surface area (Å²) in [5.74, 6) is 0.300. The summed E-state index contributed by atoms with van der Waals surface area (Å²) in [6.45, 7) is 2.18. The molecular weight excluding hydrogens is 366 g/mol. The topological polar surface area (TPSA) is 62.5 Å². The largest absolute Gasteiger partial charge is 0.497 e. The van der Waals surface area contributed by atoms with Gasteiger partial charge in [0.2, 0.25) is 18.3 Å². The number of methoxy groups -OCH3 is 1. The minimum absolute atomic E-state index is 0.132. The molecular formula is C23H22N3O3+. The van der Waals surface area contributed by atoms with Crippen LogP contribution in [0.25, 0.3) is 0 Å². The Morgan fingerprint density at radius 3 is 2.48 bits per heavy atom. The zero-order valence-corrected chi connectivity index (χ0v) is 16.3. The normalized spacial score (nSPS) is 15.6. The first-order chi connectivity index (χ1) is 14.1. The van der Waals surface area contributed by atoms with E-state index < -0.39 is 6.04 Å². The SMILES string of the molecule is COc1ccc(NC(=O)[C@@H]2c3cccc[n+]3CC(=O)N2c2ccc(C)cc2)cc1. The van der Waals surface area contributed by atoms with Crippen LogP contribution >= 0.6 is 0 Å². The van der Waals surface area contributed by atoms with Crippen LogP contribution in [0.4, 0.5) is 11.4 Å². The van der Waals surface area contributed by atoms with Gasteiger partial charge in [0.25, 0.3) is 11.8 Å². The maximum Gasteiger partial charge on any atom is 0.294 e. The first-order valence-corrected chi connectivity index (χ1v) is 9.39. The molecule has 1 atom stereocenters. The summed E-state index contributed by atoms with van der Waals surface area (Å²) in [7, 11) is 1.59. The van der Waals surface area contributed by atoms with Gasteiger partial charge in [0.15, 0.2) is 6.20 Å². The molecule has 146 valence electrons. The molecule has 0 radical (unpaired) electrons. The summed E-state index contributed by atoms with van der Waals surface area (Å²) >= 11 is 0. The van der Waals surface area contributed by atoms with E-state index in [2.05, 4.69) is 5.32 Å². The number of nitrogens with one attached hydrogen (secondary N) is 1. The van der Waals surface area contributed by atoms with E-state index in [-0.39, 0.29) is 18.4 Å². The van der Waals surface area contributed by atoms with Crippen molar-refractivity contribution < 1.29 is 18.9 Å². The molecule has 0 unspecified atom stereocenters. The molecule has 6 heteroatoms. The lowest BCUT2D eigenvalue weighted by Crippen LogP contribution is -2.58. The van der Waals surface area contributed by atoms with Crippen molar-refractivity contribution in [3.8, 4) is 5.75 Å². The highest BCUT2D eigenvalue weighted by molar-refractivity contribution is 6.05. The van der Waals surface area contributed by atoms with Crippen LogP contribution < -0.4 is 19.5 Å². The minimum atomic E-state index is -0.776. The van der Waals surface area contributed by atoms with Crippen molar-refractivity contribution in [2.45, 2.75) is 19.5 Å². The number of carbonyl (C=O) groups excluding carboxylic acids is 2. The van der Waals surface area contributed by atoms with Gasteiger partial charge in [0, 0.05) is 23.5 Å². The standard InChI is InChI=1S/C23H21N3O3/c1-16-6-10-18(11-7-16)26-21(27)15-25-14-4-3-5-20(25)22(26)23(28)24-17-8-12-19(29-2)13-9-17/h3-14,22H,15H2,1-2H3/p+1/t22-/m0/s1. The number of amides is 2. The quantitative estimate of drug-likeness (QED) is 0.699. The van der Waals surface area contributed by atoms with Crippen molar-refractivity contribution in [1.82, 2.24) is 0 Å². The molecule has 1 aliphatic heterocycles. The number of ether oxygens (including phenoxy) is 1. The van der Waals surface area contributed by atoms with Gasteiger partial charge in [-0.1, -0.05) is 23.8 Å². The smallest absolute Gasteiger partial charge is 0.294 e. The van der Waals surface area contributed by atoms with Crippen LogP contribution in [-0.4, -0.2) is 18.9 Å². The third kappa shape index (κ3) is 3.69. The van der Waals surface area contributed by atoms with Crippen LogP contribution in [0.15, 0.2) is 72.9 Å². The number of rotatable bonds is 4. The summed E-state index contributed by atoms with van der Waals surface area (Å²) in [4.78, 5) is 27.9. The molecule has 1 N–H and O–H groups in total. The zero-order chi connectivity index (χ0) is 20.4. The Balaban J connectivity index is 1.73. The van der Waals surface area contributed by atoms with E-state index >= 15 is 0 Å². The molecule has 2 aromatic carbocycles. The number of carbonyl (C=O) groups is 2. The summed E-state index contributed by atoms with van der Waals surface area (Å²) in [6, 6.07) is 19.6. The van der Waals surface area contributed by atoms with Crippen LogP contribution in [-0.2, 0) is 16.1 Å². The van der Waals surface area contributed by atoms with Gasteiger partial charge >= 0.3 is 0 Å². The summed E-state index contributed by atoms with van der Waals surface area (Å²) in [5, 5.41) is 2.93. The number of benzene rings is 2. The fourth-order valence-corrected chi connectivity index (χ4v) is 3.51. The predicted molar refractivity (Wildman–Crippen MR) is 110 cm³/mol. The van der Waals surface area contributed by atoms with Crippen molar-refractivity contribution in [2.24, 2.45) is 0 Å². The molecule has 0 saturated heterocycles. The first-order valence-electron chi connectivity index (χ1n) is 9.39. The second-order valence-corrected chi connectivity index (χ2v) is 6.97. The number of fused-ring (bicyclic) bond motifs is 1. The van der Waals surface area contributed by atoms with Crippen molar-refractivity contribution in [2.75, 3.05) is 17.3 Å². The van der Waals surface area contributed by atoms with Crippen LogP contribution in [0.2, 0.25) is 0 Å². The second-order valence-electron chi connectivity index (χ2n) is 6.97. The highest BCUT2D eigenvalue weighted by atomic mass is 16.5. The van der Waals surface area contributed by atoms with Gasteiger partial charge in [-0.15, -0.1) is 0 Å². The fraction of sp³-hybridized carbons (Fsp3) is 0.174. The van der Waals surface area contributed by atoms with Crippen molar-refractivity contribution in [3.63, 3.8) is 0 Å². The molecule has 0 aliphatic carbocycles. The van der Waals surface area contributed by atoms with Gasteiger partial charge in [-0.2, -0.15) is 4.57 Å². The number of hydrogen-bond donors (Lipinski definition) is 1. The van der Waals surface area contributed by atoms with E-state index in [1.54, 1.807) is 36.3 Å². The molecule has 1 aliphatic rings.